The summed E-state index contributed by atoms with van der Waals surface area (Å²) >= 11 is 0. The van der Waals surface area contributed by atoms with Gasteiger partial charge in [-0.2, -0.15) is 0 Å². The molecular weight excluding hydrogens is 196 g/mol. The molecule has 2 aliphatic carbocycles. The molecule has 92 valence electrons. The Bertz CT molecular complexity index is 201. The van der Waals surface area contributed by atoms with Gasteiger partial charge < -0.3 is 10.2 Å². The molecule has 0 amide bonds. The van der Waals surface area contributed by atoms with Gasteiger partial charge in [-0.3, -0.25) is 0 Å². The summed E-state index contributed by atoms with van der Waals surface area (Å²) in [5.41, 5.74) is 0. The highest BCUT2D eigenvalue weighted by Gasteiger charge is 2.41. The zero-order chi connectivity index (χ0) is 10.8. The summed E-state index contributed by atoms with van der Waals surface area (Å²) in [6.45, 7) is 6.56. The lowest BCUT2D eigenvalue weighted by atomic mass is 9.97. The Morgan fingerprint density at radius 2 is 1.50 bits per heavy atom. The molecule has 16 heavy (non-hydrogen) atoms. The Morgan fingerprint density at radius 1 is 0.938 bits per heavy atom. The first kappa shape index (κ1) is 11.0. The van der Waals surface area contributed by atoms with E-state index in [0.29, 0.717) is 0 Å². The summed E-state index contributed by atoms with van der Waals surface area (Å²) in [6.07, 6.45) is 8.85. The molecule has 0 spiro atoms. The number of hydrogen-bond donors (Lipinski definition) is 1. The zero-order valence-corrected chi connectivity index (χ0v) is 10.5. The summed E-state index contributed by atoms with van der Waals surface area (Å²) in [7, 11) is 0. The van der Waals surface area contributed by atoms with Gasteiger partial charge in [0.05, 0.1) is 0 Å². The van der Waals surface area contributed by atoms with Crippen molar-refractivity contribution in [1.29, 1.82) is 0 Å². The first-order valence-corrected chi connectivity index (χ1v) is 7.36. The molecule has 1 saturated heterocycles. The van der Waals surface area contributed by atoms with Crippen LogP contribution in [0.25, 0.3) is 0 Å². The van der Waals surface area contributed by atoms with Crippen molar-refractivity contribution in [3.63, 3.8) is 0 Å². The molecule has 2 nitrogen and oxygen atoms in total. The predicted octanol–water partition coefficient (Wildman–Crippen LogP) is 2.11. The molecule has 0 aromatic rings. The van der Waals surface area contributed by atoms with Gasteiger partial charge in [0.15, 0.2) is 0 Å². The smallest absolute Gasteiger partial charge is 0.00150 e. The second-order valence-electron chi connectivity index (χ2n) is 6.10. The number of hydrogen-bond acceptors (Lipinski definition) is 2. The van der Waals surface area contributed by atoms with Gasteiger partial charge in [-0.05, 0) is 82.5 Å². The van der Waals surface area contributed by atoms with E-state index >= 15 is 0 Å². The lowest BCUT2D eigenvalue weighted by Crippen LogP contribution is -2.37. The highest BCUT2D eigenvalue weighted by Crippen LogP contribution is 2.49. The number of nitrogens with zero attached hydrogens (tertiary/aromatic N) is 1. The molecule has 3 aliphatic rings. The fourth-order valence-corrected chi connectivity index (χ4v) is 3.30. The Hall–Kier alpha value is -0.0800. The molecule has 3 fully saturated rings. The Kier molecular flexibility index (Phi) is 3.49. The van der Waals surface area contributed by atoms with Crippen LogP contribution in [0.15, 0.2) is 0 Å². The van der Waals surface area contributed by atoms with Gasteiger partial charge in [0.2, 0.25) is 0 Å². The molecule has 0 unspecified atom stereocenters. The van der Waals surface area contributed by atoms with Gasteiger partial charge in [-0.15, -0.1) is 0 Å². The molecule has 2 saturated carbocycles. The van der Waals surface area contributed by atoms with Gasteiger partial charge in [0.25, 0.3) is 0 Å². The lowest BCUT2D eigenvalue weighted by Gasteiger charge is -2.29. The van der Waals surface area contributed by atoms with Crippen molar-refractivity contribution < 1.29 is 0 Å². The van der Waals surface area contributed by atoms with Crippen LogP contribution in [0, 0.1) is 17.8 Å². The second kappa shape index (κ2) is 5.05. The molecule has 2 heteroatoms. The second-order valence-corrected chi connectivity index (χ2v) is 6.10. The van der Waals surface area contributed by atoms with Gasteiger partial charge in [0, 0.05) is 6.54 Å². The largest absolute Gasteiger partial charge is 0.317 e. The van der Waals surface area contributed by atoms with E-state index in [1.54, 1.807) is 0 Å². The van der Waals surface area contributed by atoms with Crippen molar-refractivity contribution in [2.75, 3.05) is 32.7 Å². The minimum absolute atomic E-state index is 1.08. The van der Waals surface area contributed by atoms with Crippen LogP contribution in [0.2, 0.25) is 0 Å². The third-order valence-corrected chi connectivity index (χ3v) is 4.58. The molecule has 0 radical (unpaired) electrons. The summed E-state index contributed by atoms with van der Waals surface area (Å²) in [5.74, 6) is 3.32. The van der Waals surface area contributed by atoms with Crippen LogP contribution in [-0.4, -0.2) is 37.6 Å². The molecule has 1 aliphatic heterocycles. The van der Waals surface area contributed by atoms with Crippen LogP contribution in [0.4, 0.5) is 0 Å². The van der Waals surface area contributed by atoms with Crippen LogP contribution >= 0.6 is 0 Å². The van der Waals surface area contributed by atoms with Crippen LogP contribution in [-0.2, 0) is 0 Å². The first-order chi connectivity index (χ1) is 7.93. The molecular formula is C14H26N2. The number of rotatable bonds is 4. The summed E-state index contributed by atoms with van der Waals surface area (Å²) in [4.78, 5) is 2.77. The molecule has 0 aromatic heterocycles. The average molecular weight is 222 g/mol. The monoisotopic (exact) mass is 222 g/mol. The normalized spacial score (nSPS) is 29.1. The third-order valence-electron chi connectivity index (χ3n) is 4.58. The van der Waals surface area contributed by atoms with E-state index in [1.165, 1.54) is 71.2 Å². The molecule has 0 aromatic carbocycles. The number of nitrogens with one attached hydrogen (secondary N) is 1. The highest BCUT2D eigenvalue weighted by molar-refractivity contribution is 4.93. The first-order valence-electron chi connectivity index (χ1n) is 7.36. The maximum Gasteiger partial charge on any atom is 0.00150 e. The predicted molar refractivity (Wildman–Crippen MR) is 67.5 cm³/mol. The Morgan fingerprint density at radius 3 is 2.00 bits per heavy atom. The topological polar surface area (TPSA) is 15.3 Å². The van der Waals surface area contributed by atoms with Crippen molar-refractivity contribution in [3.8, 4) is 0 Å². The molecule has 0 bridgehead atoms. The molecule has 1 N–H and O–H groups in total. The minimum atomic E-state index is 1.08. The molecule has 3 rings (SSSR count). The van der Waals surface area contributed by atoms with E-state index < -0.39 is 0 Å². The lowest BCUT2D eigenvalue weighted by molar-refractivity contribution is 0.191. The van der Waals surface area contributed by atoms with Crippen LogP contribution in [0.1, 0.15) is 38.5 Å². The van der Waals surface area contributed by atoms with Gasteiger partial charge in [-0.1, -0.05) is 0 Å². The molecule has 1 heterocycles. The maximum atomic E-state index is 3.50. The van der Waals surface area contributed by atoms with E-state index in [2.05, 4.69) is 10.2 Å². The third kappa shape index (κ3) is 2.98. The van der Waals surface area contributed by atoms with Crippen molar-refractivity contribution in [2.45, 2.75) is 38.5 Å². The van der Waals surface area contributed by atoms with E-state index in [1.807, 2.05) is 0 Å². The van der Waals surface area contributed by atoms with E-state index in [9.17, 15) is 0 Å². The van der Waals surface area contributed by atoms with Crippen molar-refractivity contribution in [2.24, 2.45) is 17.8 Å². The van der Waals surface area contributed by atoms with Crippen LogP contribution in [0.3, 0.4) is 0 Å². The zero-order valence-electron chi connectivity index (χ0n) is 10.5. The Labute approximate surface area is 99.8 Å². The quantitative estimate of drug-likeness (QED) is 0.784. The highest BCUT2D eigenvalue weighted by atomic mass is 15.1. The van der Waals surface area contributed by atoms with Crippen LogP contribution in [0.5, 0.6) is 0 Å². The average Bonchev–Trinajstić information content (AvgIpc) is 3.12. The van der Waals surface area contributed by atoms with Gasteiger partial charge in [0.1, 0.15) is 0 Å². The van der Waals surface area contributed by atoms with Crippen LogP contribution < -0.4 is 5.32 Å². The summed E-state index contributed by atoms with van der Waals surface area (Å²) in [5, 5.41) is 3.50. The fourth-order valence-electron chi connectivity index (χ4n) is 3.30. The van der Waals surface area contributed by atoms with E-state index in [-0.39, 0.29) is 0 Å². The SMILES string of the molecule is C1CNCCCN(CC(C2CC2)C2CC2)C1. The van der Waals surface area contributed by atoms with E-state index in [0.717, 1.165) is 17.8 Å². The van der Waals surface area contributed by atoms with E-state index in [4.69, 9.17) is 0 Å². The van der Waals surface area contributed by atoms with Crippen molar-refractivity contribution in [1.82, 2.24) is 10.2 Å². The molecule has 0 atom stereocenters. The standard InChI is InChI=1S/C14H26N2/c1-7-15-8-2-10-16(9-1)11-14(12-3-4-12)13-5-6-13/h12-15H,1-11H2. The Balaban J connectivity index is 1.50. The van der Waals surface area contributed by atoms with Crippen molar-refractivity contribution >= 4 is 0 Å². The minimum Gasteiger partial charge on any atom is -0.317 e. The van der Waals surface area contributed by atoms with Gasteiger partial charge >= 0.3 is 0 Å². The fraction of sp³-hybridized carbons (Fsp3) is 1.00. The maximum absolute atomic E-state index is 3.50. The summed E-state index contributed by atoms with van der Waals surface area (Å²) < 4.78 is 0. The van der Waals surface area contributed by atoms with Gasteiger partial charge in [-0.25, -0.2) is 0 Å². The van der Waals surface area contributed by atoms with Crippen molar-refractivity contribution in [3.05, 3.63) is 0 Å². The summed E-state index contributed by atoms with van der Waals surface area (Å²) in [6, 6.07) is 0.